The molecule has 0 amide bonds. The van der Waals surface area contributed by atoms with Crippen molar-refractivity contribution in [2.75, 3.05) is 6.61 Å². The van der Waals surface area contributed by atoms with Crippen LogP contribution in [0.2, 0.25) is 0 Å². The zero-order valence-corrected chi connectivity index (χ0v) is 17.3. The molecule has 1 aromatic rings. The highest BCUT2D eigenvalue weighted by molar-refractivity contribution is 8.02. The lowest BCUT2D eigenvalue weighted by Gasteiger charge is -2.30. The van der Waals surface area contributed by atoms with Crippen LogP contribution in [0.3, 0.4) is 0 Å². The predicted octanol–water partition coefficient (Wildman–Crippen LogP) is 6.17. The summed E-state index contributed by atoms with van der Waals surface area (Å²) in [4.78, 5) is 15.6. The Morgan fingerprint density at radius 1 is 1.22 bits per heavy atom. The molecule has 2 rings (SSSR count). The molecule has 1 aromatic carbocycles. The minimum Gasteiger partial charge on any atom is -0.461 e. The Balaban J connectivity index is 2.28. The van der Waals surface area contributed by atoms with Crippen molar-refractivity contribution < 1.29 is 9.53 Å². The van der Waals surface area contributed by atoms with Gasteiger partial charge in [-0.3, -0.25) is 0 Å². The van der Waals surface area contributed by atoms with E-state index >= 15 is 0 Å². The molecule has 0 fully saturated rings. The Kier molecular flexibility index (Phi) is 8.46. The average molecular weight is 384 g/mol. The monoisotopic (exact) mass is 383 g/mol. The SMILES string of the molecule is C=C1C(CC)=CC(SCc2ccccc2)=CN1/C(=C\CCC)C(=O)OCC. The summed E-state index contributed by atoms with van der Waals surface area (Å²) in [6.07, 6.45) is 8.80. The van der Waals surface area contributed by atoms with Crippen LogP contribution in [0.15, 0.2) is 77.1 Å². The Hall–Kier alpha value is -2.20. The molecule has 0 unspecified atom stereocenters. The normalized spacial score (nSPS) is 14.7. The summed E-state index contributed by atoms with van der Waals surface area (Å²) in [6, 6.07) is 10.4. The van der Waals surface area contributed by atoms with Gasteiger partial charge in [0, 0.05) is 22.6 Å². The van der Waals surface area contributed by atoms with Gasteiger partial charge in [0.15, 0.2) is 0 Å². The van der Waals surface area contributed by atoms with Crippen LogP contribution in [-0.4, -0.2) is 17.5 Å². The molecule has 27 heavy (non-hydrogen) atoms. The molecule has 0 saturated heterocycles. The van der Waals surface area contributed by atoms with Crippen molar-refractivity contribution in [1.29, 1.82) is 0 Å². The zero-order chi connectivity index (χ0) is 19.6. The van der Waals surface area contributed by atoms with E-state index in [2.05, 4.69) is 50.8 Å². The first-order valence-electron chi connectivity index (χ1n) is 9.55. The van der Waals surface area contributed by atoms with E-state index in [1.54, 1.807) is 11.8 Å². The van der Waals surface area contributed by atoms with Crippen molar-refractivity contribution in [3.05, 3.63) is 82.7 Å². The van der Waals surface area contributed by atoms with Crippen molar-refractivity contribution in [1.82, 2.24) is 4.90 Å². The molecule has 0 spiro atoms. The second-order valence-electron chi connectivity index (χ2n) is 6.24. The van der Waals surface area contributed by atoms with Gasteiger partial charge in [-0.25, -0.2) is 4.79 Å². The van der Waals surface area contributed by atoms with Gasteiger partial charge in [0.25, 0.3) is 0 Å². The van der Waals surface area contributed by atoms with Crippen LogP contribution in [0.1, 0.15) is 45.6 Å². The summed E-state index contributed by atoms with van der Waals surface area (Å²) in [6.45, 7) is 10.6. The zero-order valence-electron chi connectivity index (χ0n) is 16.5. The molecule has 1 heterocycles. The highest BCUT2D eigenvalue weighted by atomic mass is 32.2. The maximum absolute atomic E-state index is 12.5. The Morgan fingerprint density at radius 2 is 1.96 bits per heavy atom. The van der Waals surface area contributed by atoms with Gasteiger partial charge in [0.1, 0.15) is 5.70 Å². The van der Waals surface area contributed by atoms with E-state index in [0.717, 1.165) is 41.2 Å². The second-order valence-corrected chi connectivity index (χ2v) is 7.29. The van der Waals surface area contributed by atoms with Gasteiger partial charge in [-0.05, 0) is 37.0 Å². The molecule has 0 saturated carbocycles. The maximum atomic E-state index is 12.5. The number of hydrogen-bond acceptors (Lipinski definition) is 4. The maximum Gasteiger partial charge on any atom is 0.354 e. The Labute approximate surface area is 167 Å². The van der Waals surface area contributed by atoms with Gasteiger partial charge in [0.05, 0.1) is 6.61 Å². The summed E-state index contributed by atoms with van der Waals surface area (Å²) >= 11 is 1.76. The van der Waals surface area contributed by atoms with Gasteiger partial charge in [-0.2, -0.15) is 0 Å². The summed E-state index contributed by atoms with van der Waals surface area (Å²) in [5.74, 6) is 0.585. The molecule has 1 aliphatic heterocycles. The number of thioether (sulfide) groups is 1. The van der Waals surface area contributed by atoms with E-state index in [-0.39, 0.29) is 5.97 Å². The third-order valence-corrected chi connectivity index (χ3v) is 5.27. The van der Waals surface area contributed by atoms with Gasteiger partial charge < -0.3 is 9.64 Å². The minimum atomic E-state index is -0.298. The van der Waals surface area contributed by atoms with Crippen LogP contribution in [-0.2, 0) is 15.3 Å². The predicted molar refractivity (Wildman–Crippen MR) is 115 cm³/mol. The van der Waals surface area contributed by atoms with E-state index in [1.165, 1.54) is 5.56 Å². The molecule has 3 nitrogen and oxygen atoms in total. The average Bonchev–Trinajstić information content (AvgIpc) is 2.69. The number of allylic oxidation sites excluding steroid dienone is 3. The Morgan fingerprint density at radius 3 is 2.59 bits per heavy atom. The molecule has 1 aliphatic rings. The molecular weight excluding hydrogens is 354 g/mol. The fourth-order valence-electron chi connectivity index (χ4n) is 2.76. The molecule has 0 radical (unpaired) electrons. The largest absolute Gasteiger partial charge is 0.461 e. The lowest BCUT2D eigenvalue weighted by molar-refractivity contribution is -0.139. The van der Waals surface area contributed by atoms with Crippen molar-refractivity contribution in [2.24, 2.45) is 0 Å². The molecule has 0 aromatic heterocycles. The van der Waals surface area contributed by atoms with Gasteiger partial charge in [-0.1, -0.05) is 63.3 Å². The highest BCUT2D eigenvalue weighted by Crippen LogP contribution is 2.34. The third kappa shape index (κ3) is 5.90. The van der Waals surface area contributed by atoms with Crippen LogP contribution >= 0.6 is 11.8 Å². The number of nitrogens with zero attached hydrogens (tertiary/aromatic N) is 1. The molecule has 0 aliphatic carbocycles. The highest BCUT2D eigenvalue weighted by Gasteiger charge is 2.24. The molecule has 0 atom stereocenters. The minimum absolute atomic E-state index is 0.298. The Bertz CT molecular complexity index is 747. The summed E-state index contributed by atoms with van der Waals surface area (Å²) in [5.41, 5.74) is 3.82. The summed E-state index contributed by atoms with van der Waals surface area (Å²) in [7, 11) is 0. The number of rotatable bonds is 9. The van der Waals surface area contributed by atoms with Gasteiger partial charge in [0.2, 0.25) is 0 Å². The van der Waals surface area contributed by atoms with Crippen LogP contribution in [0.25, 0.3) is 0 Å². The molecule has 4 heteroatoms. The van der Waals surface area contributed by atoms with Crippen molar-refractivity contribution in [3.63, 3.8) is 0 Å². The first-order valence-corrected chi connectivity index (χ1v) is 10.5. The third-order valence-electron chi connectivity index (χ3n) is 4.23. The van der Waals surface area contributed by atoms with Crippen LogP contribution in [0.4, 0.5) is 0 Å². The first-order chi connectivity index (χ1) is 13.1. The molecule has 144 valence electrons. The fourth-order valence-corrected chi connectivity index (χ4v) is 3.69. The molecule has 0 bridgehead atoms. The first kappa shape index (κ1) is 21.1. The second kappa shape index (κ2) is 10.8. The number of unbranched alkanes of at least 4 members (excludes halogenated alkanes) is 1. The van der Waals surface area contributed by atoms with Crippen LogP contribution in [0.5, 0.6) is 0 Å². The molecular formula is C23H29NO2S. The van der Waals surface area contributed by atoms with E-state index in [1.807, 2.05) is 30.2 Å². The fraction of sp³-hybridized carbons (Fsp3) is 0.348. The van der Waals surface area contributed by atoms with E-state index < -0.39 is 0 Å². The number of benzene rings is 1. The van der Waals surface area contributed by atoms with Gasteiger partial charge in [-0.15, -0.1) is 11.8 Å². The van der Waals surface area contributed by atoms with Crippen molar-refractivity contribution in [2.45, 2.75) is 45.8 Å². The van der Waals surface area contributed by atoms with Gasteiger partial charge >= 0.3 is 5.97 Å². The number of carbonyl (C=O) groups is 1. The van der Waals surface area contributed by atoms with Crippen LogP contribution < -0.4 is 0 Å². The quantitative estimate of drug-likeness (QED) is 0.376. The number of carbonyl (C=O) groups excluding carboxylic acids is 1. The summed E-state index contributed by atoms with van der Waals surface area (Å²) in [5, 5.41) is 0. The lowest BCUT2D eigenvalue weighted by atomic mass is 10.1. The standard InChI is InChI=1S/C23H29NO2S/c1-5-8-14-22(23(25)26-7-3)24-16-21(15-20(6-2)18(24)4)27-17-19-12-10-9-11-13-19/h9-16H,4-8,17H2,1-3H3/b22-14-. The van der Waals surface area contributed by atoms with E-state index in [9.17, 15) is 4.79 Å². The summed E-state index contributed by atoms with van der Waals surface area (Å²) < 4.78 is 5.29. The topological polar surface area (TPSA) is 29.5 Å². The van der Waals surface area contributed by atoms with Crippen molar-refractivity contribution >= 4 is 17.7 Å². The van der Waals surface area contributed by atoms with Crippen LogP contribution in [0, 0.1) is 0 Å². The number of esters is 1. The van der Waals surface area contributed by atoms with E-state index in [0.29, 0.717) is 12.3 Å². The smallest absolute Gasteiger partial charge is 0.354 e. The van der Waals surface area contributed by atoms with E-state index in [4.69, 9.17) is 4.74 Å². The number of ether oxygens (including phenoxy) is 1. The number of hydrogen-bond donors (Lipinski definition) is 0. The lowest BCUT2D eigenvalue weighted by Crippen LogP contribution is -2.26. The van der Waals surface area contributed by atoms with Crippen molar-refractivity contribution in [3.8, 4) is 0 Å². The molecule has 0 N–H and O–H groups in total.